The molecule has 0 aromatic carbocycles. The summed E-state index contributed by atoms with van der Waals surface area (Å²) in [6.45, 7) is 9.08. The summed E-state index contributed by atoms with van der Waals surface area (Å²) in [4.78, 5) is 8.80. The van der Waals surface area contributed by atoms with E-state index in [1.165, 1.54) is 19.3 Å². The van der Waals surface area contributed by atoms with E-state index in [9.17, 15) is 0 Å². The van der Waals surface area contributed by atoms with Crippen molar-refractivity contribution in [2.75, 3.05) is 12.0 Å². The molecular formula is C15H28N4O. The summed E-state index contributed by atoms with van der Waals surface area (Å²) in [6, 6.07) is 0. The van der Waals surface area contributed by atoms with Crippen LogP contribution in [0.5, 0.6) is 5.88 Å². The summed E-state index contributed by atoms with van der Waals surface area (Å²) in [5.41, 5.74) is 3.49. The van der Waals surface area contributed by atoms with Crippen molar-refractivity contribution >= 4 is 5.82 Å². The van der Waals surface area contributed by atoms with Crippen LogP contribution in [0.25, 0.3) is 0 Å². The van der Waals surface area contributed by atoms with Crippen LogP contribution in [0, 0.1) is 12.8 Å². The van der Waals surface area contributed by atoms with E-state index < -0.39 is 0 Å². The van der Waals surface area contributed by atoms with Crippen LogP contribution in [0.2, 0.25) is 0 Å². The summed E-state index contributed by atoms with van der Waals surface area (Å²) in [6.07, 6.45) is 5.58. The number of nitrogens with zero attached hydrogens (tertiary/aromatic N) is 2. The average Bonchev–Trinajstić information content (AvgIpc) is 2.48. The average molecular weight is 280 g/mol. The number of hydrogen-bond acceptors (Lipinski definition) is 5. The van der Waals surface area contributed by atoms with Crippen molar-refractivity contribution in [1.82, 2.24) is 9.97 Å². The predicted octanol–water partition coefficient (Wildman–Crippen LogP) is 3.23. The van der Waals surface area contributed by atoms with Crippen molar-refractivity contribution in [3.8, 4) is 5.88 Å². The molecule has 0 radical (unpaired) electrons. The molecule has 0 amide bonds. The molecular weight excluding hydrogens is 252 g/mol. The molecule has 5 heteroatoms. The number of aromatic nitrogens is 2. The molecule has 5 nitrogen and oxygen atoms in total. The van der Waals surface area contributed by atoms with Crippen molar-refractivity contribution < 1.29 is 4.74 Å². The molecule has 1 aromatic heterocycles. The van der Waals surface area contributed by atoms with Crippen LogP contribution in [0.1, 0.15) is 57.8 Å². The van der Waals surface area contributed by atoms with Gasteiger partial charge in [-0.05, 0) is 19.3 Å². The topological polar surface area (TPSA) is 73.1 Å². The molecule has 1 rings (SSSR count). The molecule has 114 valence electrons. The molecule has 0 aliphatic rings. The van der Waals surface area contributed by atoms with Gasteiger partial charge in [0.05, 0.1) is 12.2 Å². The molecule has 0 saturated heterocycles. The number of hydrogen-bond donors (Lipinski definition) is 2. The van der Waals surface area contributed by atoms with Gasteiger partial charge < -0.3 is 10.2 Å². The summed E-state index contributed by atoms with van der Waals surface area (Å²) in [5, 5.41) is 0. The molecule has 0 fully saturated rings. The SMILES string of the molecule is CCCCC(CC)COc1nc(CC)nc(NN)c1C. The van der Waals surface area contributed by atoms with Crippen LogP contribution in [-0.2, 0) is 6.42 Å². The third-order valence-corrected chi connectivity index (χ3v) is 3.60. The normalized spacial score (nSPS) is 12.2. The molecule has 0 aliphatic heterocycles. The Morgan fingerprint density at radius 3 is 2.55 bits per heavy atom. The van der Waals surface area contributed by atoms with Crippen LogP contribution in [-0.4, -0.2) is 16.6 Å². The lowest BCUT2D eigenvalue weighted by Gasteiger charge is -2.17. The van der Waals surface area contributed by atoms with Crippen molar-refractivity contribution in [2.24, 2.45) is 11.8 Å². The van der Waals surface area contributed by atoms with Gasteiger partial charge in [0.2, 0.25) is 5.88 Å². The van der Waals surface area contributed by atoms with Gasteiger partial charge in [-0.15, -0.1) is 0 Å². The first kappa shape index (κ1) is 16.7. The molecule has 1 aromatic rings. The Balaban J connectivity index is 2.75. The molecule has 3 N–H and O–H groups in total. The van der Waals surface area contributed by atoms with Crippen molar-refractivity contribution in [1.29, 1.82) is 0 Å². The zero-order chi connectivity index (χ0) is 15.0. The summed E-state index contributed by atoms with van der Waals surface area (Å²) >= 11 is 0. The van der Waals surface area contributed by atoms with Gasteiger partial charge in [-0.1, -0.05) is 40.0 Å². The number of rotatable bonds is 9. The molecule has 20 heavy (non-hydrogen) atoms. The van der Waals surface area contributed by atoms with Gasteiger partial charge in [0, 0.05) is 6.42 Å². The lowest BCUT2D eigenvalue weighted by molar-refractivity contribution is 0.224. The third kappa shape index (κ3) is 4.63. The molecule has 0 aliphatic carbocycles. The quantitative estimate of drug-likeness (QED) is 0.536. The highest BCUT2D eigenvalue weighted by Crippen LogP contribution is 2.23. The van der Waals surface area contributed by atoms with E-state index in [1.54, 1.807) is 0 Å². The van der Waals surface area contributed by atoms with Gasteiger partial charge in [0.25, 0.3) is 0 Å². The van der Waals surface area contributed by atoms with Crippen LogP contribution in [0.4, 0.5) is 5.82 Å². The summed E-state index contributed by atoms with van der Waals surface area (Å²) in [5.74, 6) is 8.13. The first-order chi connectivity index (χ1) is 9.65. The number of nitrogen functional groups attached to an aromatic ring is 1. The van der Waals surface area contributed by atoms with Gasteiger partial charge in [-0.25, -0.2) is 10.8 Å². The van der Waals surface area contributed by atoms with Crippen LogP contribution >= 0.6 is 0 Å². The Morgan fingerprint density at radius 2 is 2.00 bits per heavy atom. The minimum Gasteiger partial charge on any atom is -0.477 e. The third-order valence-electron chi connectivity index (χ3n) is 3.60. The smallest absolute Gasteiger partial charge is 0.221 e. The van der Waals surface area contributed by atoms with E-state index in [2.05, 4.69) is 29.2 Å². The van der Waals surface area contributed by atoms with E-state index in [1.807, 2.05) is 13.8 Å². The standard InChI is InChI=1S/C15H28N4O/c1-5-8-9-12(6-2)10-20-15-11(4)14(19-16)17-13(7-3)18-15/h12H,5-10,16H2,1-4H3,(H,17,18,19). The second-order valence-electron chi connectivity index (χ2n) is 5.14. The maximum atomic E-state index is 5.93. The summed E-state index contributed by atoms with van der Waals surface area (Å²) < 4.78 is 5.93. The highest BCUT2D eigenvalue weighted by molar-refractivity contribution is 5.47. The lowest BCUT2D eigenvalue weighted by Crippen LogP contribution is -2.16. The number of aryl methyl sites for hydroxylation is 1. The Labute approximate surface area is 122 Å². The monoisotopic (exact) mass is 280 g/mol. The first-order valence-corrected chi connectivity index (χ1v) is 7.63. The fourth-order valence-electron chi connectivity index (χ4n) is 2.07. The van der Waals surface area contributed by atoms with Gasteiger partial charge >= 0.3 is 0 Å². The largest absolute Gasteiger partial charge is 0.477 e. The number of hydrazine groups is 1. The van der Waals surface area contributed by atoms with E-state index in [-0.39, 0.29) is 0 Å². The predicted molar refractivity (Wildman–Crippen MR) is 82.8 cm³/mol. The Morgan fingerprint density at radius 1 is 1.25 bits per heavy atom. The molecule has 1 unspecified atom stereocenters. The molecule has 0 spiro atoms. The number of nitrogens with two attached hydrogens (primary N) is 1. The molecule has 0 saturated carbocycles. The van der Waals surface area contributed by atoms with Crippen LogP contribution in [0.15, 0.2) is 0 Å². The zero-order valence-corrected chi connectivity index (χ0v) is 13.2. The maximum absolute atomic E-state index is 5.93. The van der Waals surface area contributed by atoms with E-state index in [0.29, 0.717) is 24.2 Å². The number of unbranched alkanes of at least 4 members (excludes halogenated alkanes) is 1. The van der Waals surface area contributed by atoms with E-state index in [0.717, 1.165) is 24.2 Å². The van der Waals surface area contributed by atoms with Gasteiger partial charge in [0.1, 0.15) is 11.6 Å². The highest BCUT2D eigenvalue weighted by Gasteiger charge is 2.13. The number of anilines is 1. The molecule has 1 heterocycles. The van der Waals surface area contributed by atoms with E-state index in [4.69, 9.17) is 10.6 Å². The van der Waals surface area contributed by atoms with Crippen LogP contribution in [0.3, 0.4) is 0 Å². The lowest BCUT2D eigenvalue weighted by atomic mass is 10.0. The number of ether oxygens (including phenoxy) is 1. The van der Waals surface area contributed by atoms with Crippen molar-refractivity contribution in [3.63, 3.8) is 0 Å². The fourth-order valence-corrected chi connectivity index (χ4v) is 2.07. The Kier molecular flexibility index (Phi) is 7.30. The first-order valence-electron chi connectivity index (χ1n) is 7.63. The van der Waals surface area contributed by atoms with Gasteiger partial charge in [0.15, 0.2) is 0 Å². The van der Waals surface area contributed by atoms with Gasteiger partial charge in [-0.3, -0.25) is 0 Å². The minimum absolute atomic E-state index is 0.587. The minimum atomic E-state index is 0.587. The Hall–Kier alpha value is -1.36. The fraction of sp³-hybridized carbons (Fsp3) is 0.733. The maximum Gasteiger partial charge on any atom is 0.221 e. The Bertz CT molecular complexity index is 409. The number of nitrogens with one attached hydrogen (secondary N) is 1. The second-order valence-corrected chi connectivity index (χ2v) is 5.14. The molecule has 1 atom stereocenters. The van der Waals surface area contributed by atoms with E-state index >= 15 is 0 Å². The highest BCUT2D eigenvalue weighted by atomic mass is 16.5. The van der Waals surface area contributed by atoms with Crippen LogP contribution < -0.4 is 16.0 Å². The second kappa shape index (κ2) is 8.74. The summed E-state index contributed by atoms with van der Waals surface area (Å²) in [7, 11) is 0. The van der Waals surface area contributed by atoms with Crippen molar-refractivity contribution in [2.45, 2.75) is 59.8 Å². The zero-order valence-electron chi connectivity index (χ0n) is 13.2. The van der Waals surface area contributed by atoms with Gasteiger partial charge in [-0.2, -0.15) is 4.98 Å². The van der Waals surface area contributed by atoms with Crippen molar-refractivity contribution in [3.05, 3.63) is 11.4 Å². The molecule has 0 bridgehead atoms.